The van der Waals surface area contributed by atoms with Crippen molar-refractivity contribution >= 4 is 29.0 Å². The molecule has 1 aromatic rings. The van der Waals surface area contributed by atoms with Crippen molar-refractivity contribution in [2.24, 2.45) is 5.73 Å². The van der Waals surface area contributed by atoms with Crippen molar-refractivity contribution in [3.63, 3.8) is 0 Å². The number of hydrogen-bond acceptors (Lipinski definition) is 5. The first-order valence-corrected chi connectivity index (χ1v) is 8.37. The smallest absolute Gasteiger partial charge is 0.270 e. The molecule has 0 spiro atoms. The fourth-order valence-electron chi connectivity index (χ4n) is 2.26. The average molecular weight is 285 g/mol. The Hall–Kier alpha value is -0.590. The van der Waals surface area contributed by atoms with E-state index in [1.54, 1.807) is 5.38 Å². The summed E-state index contributed by atoms with van der Waals surface area (Å²) in [4.78, 5) is 16.2. The van der Waals surface area contributed by atoms with Crippen molar-refractivity contribution in [1.29, 1.82) is 0 Å². The predicted molar refractivity (Wildman–Crippen MR) is 77.0 cm³/mol. The summed E-state index contributed by atoms with van der Waals surface area (Å²) in [5.74, 6) is -0.0577. The molecule has 100 valence electrons. The molecule has 1 fully saturated rings. The predicted octanol–water partition coefficient (Wildman–Crippen LogP) is 2.01. The molecule has 2 rings (SSSR count). The highest BCUT2D eigenvalue weighted by Crippen LogP contribution is 2.27. The van der Waals surface area contributed by atoms with Crippen LogP contribution in [0.2, 0.25) is 0 Å². The summed E-state index contributed by atoms with van der Waals surface area (Å²) in [6.45, 7) is 0.399. The molecule has 0 aliphatic heterocycles. The summed E-state index contributed by atoms with van der Waals surface area (Å²) in [5.41, 5.74) is 6.00. The van der Waals surface area contributed by atoms with Crippen LogP contribution >= 0.6 is 23.1 Å². The number of amides is 1. The molecule has 1 aliphatic rings. The van der Waals surface area contributed by atoms with Crippen molar-refractivity contribution in [2.75, 3.05) is 6.26 Å². The zero-order valence-corrected chi connectivity index (χ0v) is 12.1. The molecule has 2 atom stereocenters. The van der Waals surface area contributed by atoms with E-state index in [1.807, 2.05) is 11.8 Å². The normalized spacial score (nSPS) is 23.9. The summed E-state index contributed by atoms with van der Waals surface area (Å²) in [7, 11) is 0. The van der Waals surface area contributed by atoms with Gasteiger partial charge in [-0.25, -0.2) is 4.98 Å². The maximum Gasteiger partial charge on any atom is 0.270 e. The second kappa shape index (κ2) is 6.54. The molecule has 1 saturated carbocycles. The number of nitrogens with two attached hydrogens (primary N) is 1. The lowest BCUT2D eigenvalue weighted by atomic mass is 9.95. The lowest BCUT2D eigenvalue weighted by molar-refractivity contribution is 0.0924. The van der Waals surface area contributed by atoms with Crippen LogP contribution in [0.4, 0.5) is 0 Å². The number of aromatic nitrogens is 1. The summed E-state index contributed by atoms with van der Waals surface area (Å²) in [6.07, 6.45) is 6.75. The standard InChI is InChI=1S/C12H19N3OS2/c1-17-9-4-2-3-8(5-9)14-12(16)10-7-18-11(6-13)15-10/h7-9H,2-6,13H2,1H3,(H,14,16). The summed E-state index contributed by atoms with van der Waals surface area (Å²) < 4.78 is 0. The van der Waals surface area contributed by atoms with Crippen molar-refractivity contribution in [2.45, 2.75) is 43.5 Å². The lowest BCUT2D eigenvalue weighted by Gasteiger charge is -2.28. The van der Waals surface area contributed by atoms with Gasteiger partial charge in [-0.05, 0) is 25.5 Å². The minimum absolute atomic E-state index is 0.0577. The van der Waals surface area contributed by atoms with Crippen LogP contribution < -0.4 is 11.1 Å². The number of carbonyl (C=O) groups is 1. The number of carbonyl (C=O) groups excluding carboxylic acids is 1. The lowest BCUT2D eigenvalue weighted by Crippen LogP contribution is -2.39. The second-order valence-corrected chi connectivity index (χ2v) is 6.61. The van der Waals surface area contributed by atoms with Gasteiger partial charge in [-0.15, -0.1) is 11.3 Å². The Kier molecular flexibility index (Phi) is 5.03. The van der Waals surface area contributed by atoms with E-state index in [0.29, 0.717) is 23.5 Å². The van der Waals surface area contributed by atoms with Crippen LogP contribution in [0.5, 0.6) is 0 Å². The molecule has 6 heteroatoms. The van der Waals surface area contributed by atoms with Gasteiger partial charge in [0, 0.05) is 23.2 Å². The van der Waals surface area contributed by atoms with Gasteiger partial charge in [0.05, 0.1) is 0 Å². The first kappa shape index (κ1) is 13.8. The number of thiazole rings is 1. The third-order valence-electron chi connectivity index (χ3n) is 3.25. The molecule has 1 heterocycles. The van der Waals surface area contributed by atoms with E-state index >= 15 is 0 Å². The van der Waals surface area contributed by atoms with Gasteiger partial charge in [0.1, 0.15) is 10.7 Å². The molecule has 0 aromatic carbocycles. The minimum atomic E-state index is -0.0577. The monoisotopic (exact) mass is 285 g/mol. The van der Waals surface area contributed by atoms with Crippen LogP contribution in [0.15, 0.2) is 5.38 Å². The van der Waals surface area contributed by atoms with Crippen LogP contribution in [-0.4, -0.2) is 28.4 Å². The van der Waals surface area contributed by atoms with Crippen LogP contribution in [-0.2, 0) is 6.54 Å². The van der Waals surface area contributed by atoms with Crippen LogP contribution in [0, 0.1) is 0 Å². The Bertz CT molecular complexity index is 408. The molecule has 3 N–H and O–H groups in total. The van der Waals surface area contributed by atoms with Gasteiger partial charge in [0.25, 0.3) is 5.91 Å². The summed E-state index contributed by atoms with van der Waals surface area (Å²) in [6, 6.07) is 0.298. The zero-order chi connectivity index (χ0) is 13.0. The Morgan fingerprint density at radius 2 is 2.50 bits per heavy atom. The Morgan fingerprint density at radius 1 is 1.67 bits per heavy atom. The van der Waals surface area contributed by atoms with Crippen molar-refractivity contribution in [1.82, 2.24) is 10.3 Å². The van der Waals surface area contributed by atoms with Gasteiger partial charge in [-0.1, -0.05) is 6.42 Å². The zero-order valence-electron chi connectivity index (χ0n) is 10.5. The molecule has 0 bridgehead atoms. The number of rotatable bonds is 4. The third kappa shape index (κ3) is 3.46. The molecule has 4 nitrogen and oxygen atoms in total. The van der Waals surface area contributed by atoms with Gasteiger partial charge in [-0.3, -0.25) is 4.79 Å². The van der Waals surface area contributed by atoms with E-state index in [4.69, 9.17) is 5.73 Å². The Labute approximate surface area is 116 Å². The second-order valence-electron chi connectivity index (χ2n) is 4.53. The van der Waals surface area contributed by atoms with E-state index in [9.17, 15) is 4.79 Å². The van der Waals surface area contributed by atoms with Gasteiger partial charge in [0.15, 0.2) is 0 Å². The SMILES string of the molecule is CSC1CCCC(NC(=O)c2csc(CN)n2)C1. The third-order valence-corrected chi connectivity index (χ3v) is 5.22. The Morgan fingerprint density at radius 3 is 3.17 bits per heavy atom. The molecule has 0 saturated heterocycles. The van der Waals surface area contributed by atoms with E-state index in [1.165, 1.54) is 24.2 Å². The minimum Gasteiger partial charge on any atom is -0.348 e. The van der Waals surface area contributed by atoms with E-state index in [0.717, 1.165) is 17.8 Å². The van der Waals surface area contributed by atoms with Gasteiger partial charge in [0.2, 0.25) is 0 Å². The average Bonchev–Trinajstić information content (AvgIpc) is 2.88. The Balaban J connectivity index is 1.90. The van der Waals surface area contributed by atoms with Gasteiger partial charge >= 0.3 is 0 Å². The molecular weight excluding hydrogens is 266 g/mol. The number of thioether (sulfide) groups is 1. The first-order chi connectivity index (χ1) is 8.72. The number of hydrogen-bond donors (Lipinski definition) is 2. The first-order valence-electron chi connectivity index (χ1n) is 6.21. The molecule has 0 radical (unpaired) electrons. The quantitative estimate of drug-likeness (QED) is 0.888. The van der Waals surface area contributed by atoms with E-state index in [-0.39, 0.29) is 5.91 Å². The van der Waals surface area contributed by atoms with Crippen LogP contribution in [0.1, 0.15) is 41.2 Å². The topological polar surface area (TPSA) is 68.0 Å². The molecule has 1 aliphatic carbocycles. The highest BCUT2D eigenvalue weighted by Gasteiger charge is 2.23. The number of nitrogens with one attached hydrogen (secondary N) is 1. The largest absolute Gasteiger partial charge is 0.348 e. The number of nitrogens with zero attached hydrogens (tertiary/aromatic N) is 1. The fraction of sp³-hybridized carbons (Fsp3) is 0.667. The van der Waals surface area contributed by atoms with Gasteiger partial charge < -0.3 is 11.1 Å². The molecule has 1 aromatic heterocycles. The molecule has 18 heavy (non-hydrogen) atoms. The highest BCUT2D eigenvalue weighted by molar-refractivity contribution is 7.99. The van der Waals surface area contributed by atoms with E-state index in [2.05, 4.69) is 16.6 Å². The van der Waals surface area contributed by atoms with Crippen LogP contribution in [0.3, 0.4) is 0 Å². The molecule has 1 amide bonds. The maximum absolute atomic E-state index is 12.0. The van der Waals surface area contributed by atoms with Gasteiger partial charge in [-0.2, -0.15) is 11.8 Å². The summed E-state index contributed by atoms with van der Waals surface area (Å²) >= 11 is 3.34. The summed E-state index contributed by atoms with van der Waals surface area (Å²) in [5, 5.41) is 6.36. The van der Waals surface area contributed by atoms with Crippen LogP contribution in [0.25, 0.3) is 0 Å². The molecular formula is C12H19N3OS2. The maximum atomic E-state index is 12.0. The highest BCUT2D eigenvalue weighted by atomic mass is 32.2. The molecule has 2 unspecified atom stereocenters. The van der Waals surface area contributed by atoms with Crippen molar-refractivity contribution in [3.8, 4) is 0 Å². The fourth-order valence-corrected chi connectivity index (χ4v) is 3.74. The van der Waals surface area contributed by atoms with Crippen molar-refractivity contribution < 1.29 is 4.79 Å². The van der Waals surface area contributed by atoms with E-state index < -0.39 is 0 Å². The van der Waals surface area contributed by atoms with Crippen molar-refractivity contribution in [3.05, 3.63) is 16.1 Å².